The zero-order chi connectivity index (χ0) is 13.7. The molecule has 1 aliphatic rings. The van der Waals surface area contributed by atoms with Gasteiger partial charge in [0.1, 0.15) is 5.75 Å². The predicted octanol–water partition coefficient (Wildman–Crippen LogP) is 3.34. The van der Waals surface area contributed by atoms with Gasteiger partial charge in [0.2, 0.25) is 0 Å². The number of nitrogens with one attached hydrogen (secondary N) is 1. The first kappa shape index (κ1) is 14.1. The van der Waals surface area contributed by atoms with Crippen molar-refractivity contribution in [3.63, 3.8) is 0 Å². The van der Waals surface area contributed by atoms with Gasteiger partial charge in [-0.25, -0.2) is 0 Å². The summed E-state index contributed by atoms with van der Waals surface area (Å²) >= 11 is 5.49. The lowest BCUT2D eigenvalue weighted by atomic mass is 9.96. The van der Waals surface area contributed by atoms with Crippen molar-refractivity contribution in [2.75, 3.05) is 19.1 Å². The van der Waals surface area contributed by atoms with Gasteiger partial charge in [0.25, 0.3) is 0 Å². The van der Waals surface area contributed by atoms with Gasteiger partial charge in [-0.3, -0.25) is 0 Å². The Morgan fingerprint density at radius 1 is 1.32 bits per heavy atom. The normalized spacial score (nSPS) is 15.9. The zero-order valence-electron chi connectivity index (χ0n) is 11.7. The minimum atomic E-state index is 0.536. The highest BCUT2D eigenvalue weighted by Gasteiger charge is 2.16. The van der Waals surface area contributed by atoms with Gasteiger partial charge in [0, 0.05) is 24.8 Å². The van der Waals surface area contributed by atoms with Crippen molar-refractivity contribution >= 4 is 23.0 Å². The highest BCUT2D eigenvalue weighted by atomic mass is 32.1. The molecule has 1 N–H and O–H groups in total. The Bertz CT molecular complexity index is 430. The molecule has 1 saturated carbocycles. The molecule has 0 aliphatic heterocycles. The van der Waals surface area contributed by atoms with Crippen LogP contribution in [0, 0.1) is 0 Å². The summed E-state index contributed by atoms with van der Waals surface area (Å²) in [7, 11) is 3.67. The number of methoxy groups -OCH3 is 1. The summed E-state index contributed by atoms with van der Waals surface area (Å²) in [5, 5.41) is 4.26. The summed E-state index contributed by atoms with van der Waals surface area (Å²) < 4.78 is 5.24. The molecule has 3 nitrogen and oxygen atoms in total. The van der Waals surface area contributed by atoms with Gasteiger partial charge in [-0.2, -0.15) is 0 Å². The van der Waals surface area contributed by atoms with Crippen LogP contribution in [0.25, 0.3) is 0 Å². The van der Waals surface area contributed by atoms with Gasteiger partial charge < -0.3 is 15.0 Å². The fourth-order valence-electron chi connectivity index (χ4n) is 2.45. The van der Waals surface area contributed by atoms with Crippen LogP contribution in [0.5, 0.6) is 5.75 Å². The van der Waals surface area contributed by atoms with Crippen LogP contribution < -0.4 is 15.0 Å². The van der Waals surface area contributed by atoms with Crippen molar-refractivity contribution in [2.45, 2.75) is 38.1 Å². The summed E-state index contributed by atoms with van der Waals surface area (Å²) in [6.45, 7) is 0. The molecule has 1 fully saturated rings. The third kappa shape index (κ3) is 3.83. The first-order valence-corrected chi connectivity index (χ1v) is 7.30. The SMILES string of the molecule is COc1cccc(N(C)C(=S)NC2CCCCC2)c1. The van der Waals surface area contributed by atoms with Crippen LogP contribution in [0.3, 0.4) is 0 Å². The van der Waals surface area contributed by atoms with E-state index in [2.05, 4.69) is 5.32 Å². The average Bonchev–Trinajstić information content (AvgIpc) is 2.47. The molecule has 4 heteroatoms. The van der Waals surface area contributed by atoms with Gasteiger partial charge >= 0.3 is 0 Å². The first-order chi connectivity index (χ1) is 9.20. The third-order valence-electron chi connectivity index (χ3n) is 3.68. The fourth-order valence-corrected chi connectivity index (χ4v) is 2.73. The maximum absolute atomic E-state index is 5.49. The summed E-state index contributed by atoms with van der Waals surface area (Å²) in [5.74, 6) is 0.852. The van der Waals surface area contributed by atoms with Crippen LogP contribution in [0.15, 0.2) is 24.3 Å². The van der Waals surface area contributed by atoms with Crippen LogP contribution >= 0.6 is 12.2 Å². The second kappa shape index (κ2) is 6.75. The third-order valence-corrected chi connectivity index (χ3v) is 4.07. The molecule has 104 valence electrons. The number of benzene rings is 1. The molecule has 1 aromatic carbocycles. The molecule has 0 spiro atoms. The minimum absolute atomic E-state index is 0.536. The molecule has 0 unspecified atom stereocenters. The largest absolute Gasteiger partial charge is 0.497 e. The maximum atomic E-state index is 5.49. The lowest BCUT2D eigenvalue weighted by Gasteiger charge is -2.28. The predicted molar refractivity (Wildman–Crippen MR) is 84.0 cm³/mol. The average molecular weight is 278 g/mol. The summed E-state index contributed by atoms with van der Waals surface area (Å²) in [5.41, 5.74) is 1.05. The summed E-state index contributed by atoms with van der Waals surface area (Å²) in [6.07, 6.45) is 6.43. The molecule has 0 heterocycles. The number of hydrogen-bond acceptors (Lipinski definition) is 2. The molecule has 0 saturated heterocycles. The van der Waals surface area contributed by atoms with Crippen LogP contribution in [0.2, 0.25) is 0 Å². The van der Waals surface area contributed by atoms with E-state index in [1.165, 1.54) is 32.1 Å². The smallest absolute Gasteiger partial charge is 0.173 e. The van der Waals surface area contributed by atoms with E-state index in [1.54, 1.807) is 7.11 Å². The van der Waals surface area contributed by atoms with E-state index in [-0.39, 0.29) is 0 Å². The topological polar surface area (TPSA) is 24.5 Å². The first-order valence-electron chi connectivity index (χ1n) is 6.89. The van der Waals surface area contributed by atoms with Crippen molar-refractivity contribution < 1.29 is 4.74 Å². The second-order valence-electron chi connectivity index (χ2n) is 5.04. The Kier molecular flexibility index (Phi) is 5.02. The Balaban J connectivity index is 1.97. The quantitative estimate of drug-likeness (QED) is 0.857. The molecule has 2 rings (SSSR count). The van der Waals surface area contributed by atoms with Gasteiger partial charge in [-0.1, -0.05) is 25.3 Å². The van der Waals surface area contributed by atoms with Gasteiger partial charge in [-0.15, -0.1) is 0 Å². The molecule has 0 amide bonds. The van der Waals surface area contributed by atoms with Crippen LogP contribution in [0.1, 0.15) is 32.1 Å². The Hall–Kier alpha value is -1.29. The number of ether oxygens (including phenoxy) is 1. The number of thiocarbonyl (C=S) groups is 1. The summed E-state index contributed by atoms with van der Waals surface area (Å²) in [4.78, 5) is 2.01. The van der Waals surface area contributed by atoms with Crippen LogP contribution in [-0.4, -0.2) is 25.3 Å². The number of rotatable bonds is 3. The molecule has 1 aliphatic carbocycles. The Morgan fingerprint density at radius 3 is 2.74 bits per heavy atom. The molecule has 0 radical (unpaired) electrons. The molecular formula is C15H22N2OS. The summed E-state index contributed by atoms with van der Waals surface area (Å²) in [6, 6.07) is 8.49. The standard InChI is InChI=1S/C15H22N2OS/c1-17(13-9-6-10-14(11-13)18-2)15(19)16-12-7-4-3-5-8-12/h6,9-12H,3-5,7-8H2,1-2H3,(H,16,19). The van der Waals surface area contributed by atoms with E-state index >= 15 is 0 Å². The second-order valence-corrected chi connectivity index (χ2v) is 5.43. The van der Waals surface area contributed by atoms with Gasteiger partial charge in [0.15, 0.2) is 5.11 Å². The molecular weight excluding hydrogens is 256 g/mol. The Labute approximate surface area is 120 Å². The zero-order valence-corrected chi connectivity index (χ0v) is 12.5. The number of hydrogen-bond donors (Lipinski definition) is 1. The van der Waals surface area contributed by atoms with E-state index in [9.17, 15) is 0 Å². The number of nitrogens with zero attached hydrogens (tertiary/aromatic N) is 1. The molecule has 0 bridgehead atoms. The highest BCUT2D eigenvalue weighted by molar-refractivity contribution is 7.80. The number of anilines is 1. The van der Waals surface area contributed by atoms with E-state index in [0.29, 0.717) is 6.04 Å². The van der Waals surface area contributed by atoms with Crippen molar-refractivity contribution in [3.8, 4) is 5.75 Å². The van der Waals surface area contributed by atoms with Crippen LogP contribution in [-0.2, 0) is 0 Å². The maximum Gasteiger partial charge on any atom is 0.173 e. The van der Waals surface area contributed by atoms with E-state index in [1.807, 2.05) is 36.2 Å². The van der Waals surface area contributed by atoms with E-state index in [0.717, 1.165) is 16.5 Å². The van der Waals surface area contributed by atoms with Crippen molar-refractivity contribution in [1.29, 1.82) is 0 Å². The molecule has 0 atom stereocenters. The van der Waals surface area contributed by atoms with Gasteiger partial charge in [-0.05, 0) is 37.2 Å². The molecule has 1 aromatic rings. The van der Waals surface area contributed by atoms with E-state index < -0.39 is 0 Å². The monoisotopic (exact) mass is 278 g/mol. The minimum Gasteiger partial charge on any atom is -0.497 e. The highest BCUT2D eigenvalue weighted by Crippen LogP contribution is 2.21. The van der Waals surface area contributed by atoms with E-state index in [4.69, 9.17) is 17.0 Å². The molecule has 0 aromatic heterocycles. The lowest BCUT2D eigenvalue weighted by molar-refractivity contribution is 0.413. The fraction of sp³-hybridized carbons (Fsp3) is 0.533. The lowest BCUT2D eigenvalue weighted by Crippen LogP contribution is -2.43. The van der Waals surface area contributed by atoms with Gasteiger partial charge in [0.05, 0.1) is 7.11 Å². The van der Waals surface area contributed by atoms with Crippen molar-refractivity contribution in [1.82, 2.24) is 5.32 Å². The van der Waals surface area contributed by atoms with Crippen molar-refractivity contribution in [3.05, 3.63) is 24.3 Å². The van der Waals surface area contributed by atoms with Crippen LogP contribution in [0.4, 0.5) is 5.69 Å². The Morgan fingerprint density at radius 2 is 2.05 bits per heavy atom. The molecule has 19 heavy (non-hydrogen) atoms. The van der Waals surface area contributed by atoms with Crippen molar-refractivity contribution in [2.24, 2.45) is 0 Å².